The van der Waals surface area contributed by atoms with Crippen LogP contribution in [0.2, 0.25) is 0 Å². The molecule has 0 unspecified atom stereocenters. The van der Waals surface area contributed by atoms with Crippen molar-refractivity contribution in [3.05, 3.63) is 29.8 Å². The summed E-state index contributed by atoms with van der Waals surface area (Å²) in [5.41, 5.74) is 1.21. The van der Waals surface area contributed by atoms with Crippen molar-refractivity contribution in [2.75, 3.05) is 19.4 Å². The predicted octanol–water partition coefficient (Wildman–Crippen LogP) is 3.33. The fourth-order valence-electron chi connectivity index (χ4n) is 4.38. The summed E-state index contributed by atoms with van der Waals surface area (Å²) in [7, 11) is 3.43. The molecular weight excluding hydrogens is 302 g/mol. The minimum absolute atomic E-state index is 0.0746. The number of hydrogen-bond donors (Lipinski definition) is 2. The molecule has 4 atom stereocenters. The number of carbonyl (C=O) groups excluding carboxylic acids is 2. The lowest BCUT2D eigenvalue weighted by atomic mass is 9.84. The molecule has 2 N–H and O–H groups in total. The third-order valence-corrected chi connectivity index (χ3v) is 5.57. The molecule has 5 nitrogen and oxygen atoms in total. The molecule has 3 rings (SSSR count). The number of anilines is 1. The summed E-state index contributed by atoms with van der Waals surface area (Å²) in [4.78, 5) is 25.8. The van der Waals surface area contributed by atoms with Gasteiger partial charge < -0.3 is 15.5 Å². The Morgan fingerprint density at radius 2 is 2.00 bits per heavy atom. The van der Waals surface area contributed by atoms with Crippen molar-refractivity contribution in [2.45, 2.75) is 38.6 Å². The molecule has 0 heterocycles. The molecule has 2 fully saturated rings. The average Bonchev–Trinajstić information content (AvgIpc) is 3.17. The normalized spacial score (nSPS) is 26.0. The highest BCUT2D eigenvalue weighted by atomic mass is 16.2. The zero-order valence-electron chi connectivity index (χ0n) is 14.7. The van der Waals surface area contributed by atoms with Crippen LogP contribution in [0.3, 0.4) is 0 Å². The Morgan fingerprint density at radius 3 is 2.62 bits per heavy atom. The van der Waals surface area contributed by atoms with Gasteiger partial charge in [-0.05, 0) is 62.1 Å². The van der Waals surface area contributed by atoms with Gasteiger partial charge in [-0.1, -0.05) is 12.5 Å². The molecule has 0 saturated heterocycles. The molecule has 0 spiro atoms. The quantitative estimate of drug-likeness (QED) is 0.890. The van der Waals surface area contributed by atoms with E-state index in [0.717, 1.165) is 11.8 Å². The van der Waals surface area contributed by atoms with E-state index in [-0.39, 0.29) is 18.0 Å². The predicted molar refractivity (Wildman–Crippen MR) is 95.0 cm³/mol. The minimum Gasteiger partial charge on any atom is -0.345 e. The summed E-state index contributed by atoms with van der Waals surface area (Å²) in [6, 6.07) is 7.04. The molecule has 0 aromatic heterocycles. The van der Waals surface area contributed by atoms with Crippen LogP contribution in [-0.4, -0.2) is 37.0 Å². The van der Waals surface area contributed by atoms with Gasteiger partial charge >= 0.3 is 6.03 Å². The van der Waals surface area contributed by atoms with E-state index in [1.54, 1.807) is 38.4 Å². The van der Waals surface area contributed by atoms with E-state index in [4.69, 9.17) is 0 Å². The second-order valence-corrected chi connectivity index (χ2v) is 7.51. The highest BCUT2D eigenvalue weighted by molar-refractivity contribution is 5.96. The van der Waals surface area contributed by atoms with Crippen molar-refractivity contribution in [1.29, 1.82) is 0 Å². The average molecular weight is 329 g/mol. The fraction of sp³-hybridized carbons (Fsp3) is 0.579. The lowest BCUT2D eigenvalue weighted by molar-refractivity contribution is 0.0827. The van der Waals surface area contributed by atoms with Gasteiger partial charge in [0.15, 0.2) is 0 Å². The molecule has 5 heteroatoms. The standard InChI is InChI=1S/C19H27N3O2/c1-12(17-10-13-7-8-14(17)9-13)20-19(24)21-16-6-4-5-15(11-16)18(23)22(2)3/h4-6,11-14,17H,7-10H2,1-3H3,(H2,20,21,24)/t12-,13-,14-,17+/m0/s1. The third kappa shape index (κ3) is 3.55. The van der Waals surface area contributed by atoms with Crippen LogP contribution >= 0.6 is 0 Å². The largest absolute Gasteiger partial charge is 0.345 e. The Bertz CT molecular complexity index is 629. The van der Waals surface area contributed by atoms with E-state index in [2.05, 4.69) is 17.6 Å². The summed E-state index contributed by atoms with van der Waals surface area (Å²) < 4.78 is 0. The van der Waals surface area contributed by atoms with Gasteiger partial charge in [-0.2, -0.15) is 0 Å². The van der Waals surface area contributed by atoms with Gasteiger partial charge in [0.2, 0.25) is 0 Å². The number of hydrogen-bond acceptors (Lipinski definition) is 2. The number of fused-ring (bicyclic) bond motifs is 2. The van der Waals surface area contributed by atoms with Crippen LogP contribution in [0, 0.1) is 17.8 Å². The summed E-state index contributed by atoms with van der Waals surface area (Å²) >= 11 is 0. The smallest absolute Gasteiger partial charge is 0.319 e. The first-order valence-electron chi connectivity index (χ1n) is 8.83. The first-order valence-corrected chi connectivity index (χ1v) is 8.83. The first-order chi connectivity index (χ1) is 11.4. The highest BCUT2D eigenvalue weighted by Gasteiger charge is 2.42. The van der Waals surface area contributed by atoms with E-state index < -0.39 is 0 Å². The number of carbonyl (C=O) groups is 2. The number of amides is 3. The monoisotopic (exact) mass is 329 g/mol. The maximum Gasteiger partial charge on any atom is 0.319 e. The van der Waals surface area contributed by atoms with E-state index in [1.165, 1.54) is 30.6 Å². The summed E-state index contributed by atoms with van der Waals surface area (Å²) in [6.07, 6.45) is 5.27. The fourth-order valence-corrected chi connectivity index (χ4v) is 4.38. The third-order valence-electron chi connectivity index (χ3n) is 5.57. The zero-order valence-corrected chi connectivity index (χ0v) is 14.7. The van der Waals surface area contributed by atoms with Gasteiger partial charge in [-0.25, -0.2) is 4.79 Å². The second kappa shape index (κ2) is 6.83. The van der Waals surface area contributed by atoms with Crippen LogP contribution in [0.1, 0.15) is 43.0 Å². The second-order valence-electron chi connectivity index (χ2n) is 7.51. The number of nitrogens with one attached hydrogen (secondary N) is 2. The minimum atomic E-state index is -0.195. The molecule has 0 aliphatic heterocycles. The van der Waals surface area contributed by atoms with Gasteiger partial charge in [0, 0.05) is 31.4 Å². The molecule has 3 amide bonds. The molecule has 1 aromatic carbocycles. The Kier molecular flexibility index (Phi) is 4.78. The number of urea groups is 1. The van der Waals surface area contributed by atoms with Crippen LogP contribution in [-0.2, 0) is 0 Å². The molecule has 2 saturated carbocycles. The topological polar surface area (TPSA) is 61.4 Å². The Labute approximate surface area is 143 Å². The molecule has 1 aromatic rings. The van der Waals surface area contributed by atoms with Crippen LogP contribution in [0.25, 0.3) is 0 Å². The van der Waals surface area contributed by atoms with Gasteiger partial charge in [0.25, 0.3) is 5.91 Å². The lowest BCUT2D eigenvalue weighted by Gasteiger charge is -2.28. The van der Waals surface area contributed by atoms with Crippen LogP contribution in [0.5, 0.6) is 0 Å². The first kappa shape index (κ1) is 16.8. The SMILES string of the molecule is C[C@H](NC(=O)Nc1cccc(C(=O)N(C)C)c1)[C@H]1C[C@H]2CC[C@H]1C2. The Balaban J connectivity index is 1.57. The highest BCUT2D eigenvalue weighted by Crippen LogP contribution is 2.49. The van der Waals surface area contributed by atoms with Crippen LogP contribution in [0.4, 0.5) is 10.5 Å². The Morgan fingerprint density at radius 1 is 1.21 bits per heavy atom. The molecular formula is C19H27N3O2. The van der Waals surface area contributed by atoms with E-state index in [9.17, 15) is 9.59 Å². The molecule has 0 radical (unpaired) electrons. The molecule has 2 aliphatic rings. The van der Waals surface area contributed by atoms with Crippen molar-refractivity contribution in [3.63, 3.8) is 0 Å². The molecule has 24 heavy (non-hydrogen) atoms. The van der Waals surface area contributed by atoms with Gasteiger partial charge in [-0.3, -0.25) is 4.79 Å². The van der Waals surface area contributed by atoms with Crippen LogP contribution < -0.4 is 10.6 Å². The van der Waals surface area contributed by atoms with Gasteiger partial charge in [-0.15, -0.1) is 0 Å². The van der Waals surface area contributed by atoms with E-state index in [1.807, 2.05) is 0 Å². The van der Waals surface area contributed by atoms with E-state index >= 15 is 0 Å². The van der Waals surface area contributed by atoms with E-state index in [0.29, 0.717) is 17.2 Å². The number of nitrogens with zero attached hydrogens (tertiary/aromatic N) is 1. The summed E-state index contributed by atoms with van der Waals surface area (Å²) in [5.74, 6) is 2.19. The summed E-state index contributed by atoms with van der Waals surface area (Å²) in [6.45, 7) is 2.11. The van der Waals surface area contributed by atoms with Crippen molar-refractivity contribution >= 4 is 17.6 Å². The number of benzene rings is 1. The number of rotatable bonds is 4. The van der Waals surface area contributed by atoms with Crippen LogP contribution in [0.15, 0.2) is 24.3 Å². The maximum atomic E-state index is 12.3. The molecule has 2 aliphatic carbocycles. The zero-order chi connectivity index (χ0) is 17.3. The lowest BCUT2D eigenvalue weighted by Crippen LogP contribution is -2.42. The van der Waals surface area contributed by atoms with Crippen molar-refractivity contribution in [1.82, 2.24) is 10.2 Å². The Hall–Kier alpha value is -2.04. The summed E-state index contributed by atoms with van der Waals surface area (Å²) in [5, 5.41) is 5.93. The molecule has 2 bridgehead atoms. The van der Waals surface area contributed by atoms with Crippen molar-refractivity contribution < 1.29 is 9.59 Å². The molecule has 130 valence electrons. The van der Waals surface area contributed by atoms with Gasteiger partial charge in [0.05, 0.1) is 0 Å². The van der Waals surface area contributed by atoms with Gasteiger partial charge in [0.1, 0.15) is 0 Å². The van der Waals surface area contributed by atoms with Crippen molar-refractivity contribution in [2.24, 2.45) is 17.8 Å². The maximum absolute atomic E-state index is 12.3. The van der Waals surface area contributed by atoms with Crippen molar-refractivity contribution in [3.8, 4) is 0 Å².